The lowest BCUT2D eigenvalue weighted by Crippen LogP contribution is -2.51. The number of piperazine rings is 1. The fourth-order valence-corrected chi connectivity index (χ4v) is 3.24. The van der Waals surface area contributed by atoms with Crippen LogP contribution in [0.1, 0.15) is 15.9 Å². The Balaban J connectivity index is 1.54. The maximum atomic E-state index is 12.5. The van der Waals surface area contributed by atoms with Crippen LogP contribution in [0.25, 0.3) is 0 Å². The number of rotatable bonds is 4. The van der Waals surface area contributed by atoms with Crippen molar-refractivity contribution in [3.8, 4) is 0 Å². The highest BCUT2D eigenvalue weighted by atomic mass is 32.2. The van der Waals surface area contributed by atoms with E-state index in [1.165, 1.54) is 0 Å². The van der Waals surface area contributed by atoms with Crippen molar-refractivity contribution in [3.63, 3.8) is 0 Å². The Hall–Kier alpha value is -2.21. The van der Waals surface area contributed by atoms with Crippen LogP contribution in [0.2, 0.25) is 0 Å². The number of aromatic amines is 1. The zero-order chi connectivity index (χ0) is 16.9. The van der Waals surface area contributed by atoms with Gasteiger partial charge in [-0.25, -0.2) is 0 Å². The summed E-state index contributed by atoms with van der Waals surface area (Å²) in [6.07, 6.45) is 6.09. The highest BCUT2D eigenvalue weighted by molar-refractivity contribution is 7.98. The Bertz CT molecular complexity index is 690. The van der Waals surface area contributed by atoms with E-state index >= 15 is 0 Å². The van der Waals surface area contributed by atoms with Crippen LogP contribution in [0.4, 0.5) is 0 Å². The van der Waals surface area contributed by atoms with E-state index in [9.17, 15) is 9.59 Å². The van der Waals surface area contributed by atoms with E-state index in [4.69, 9.17) is 0 Å². The van der Waals surface area contributed by atoms with Gasteiger partial charge in [-0.05, 0) is 42.2 Å². The monoisotopic (exact) mass is 343 g/mol. The number of nitrogens with one attached hydrogen (secondary N) is 1. The van der Waals surface area contributed by atoms with E-state index in [0.29, 0.717) is 38.2 Å². The molecule has 0 spiro atoms. The molecule has 0 unspecified atom stereocenters. The maximum Gasteiger partial charge on any atom is 0.253 e. The van der Waals surface area contributed by atoms with Crippen molar-refractivity contribution < 1.29 is 9.59 Å². The van der Waals surface area contributed by atoms with E-state index < -0.39 is 0 Å². The number of benzene rings is 1. The standard InChI is InChI=1S/C18H21N3O2S/c1-24-16-4-2-15(3-5-16)18(23)21-10-8-20(9-11-21)17(22)12-14-6-7-19-13-14/h2-7,13,19H,8-12H2,1H3. The van der Waals surface area contributed by atoms with Crippen LogP contribution in [0.5, 0.6) is 0 Å². The minimum absolute atomic E-state index is 0.0420. The summed E-state index contributed by atoms with van der Waals surface area (Å²) in [5.74, 6) is 0.159. The molecule has 1 fully saturated rings. The highest BCUT2D eigenvalue weighted by Crippen LogP contribution is 2.16. The lowest BCUT2D eigenvalue weighted by Gasteiger charge is -2.35. The molecule has 1 aromatic carbocycles. The van der Waals surface area contributed by atoms with Gasteiger partial charge in [-0.15, -0.1) is 11.8 Å². The van der Waals surface area contributed by atoms with Gasteiger partial charge in [0.05, 0.1) is 6.42 Å². The normalized spacial score (nSPS) is 14.7. The Morgan fingerprint density at radius 1 is 1.04 bits per heavy atom. The molecule has 0 bridgehead atoms. The molecule has 126 valence electrons. The van der Waals surface area contributed by atoms with E-state index in [1.807, 2.05) is 58.8 Å². The van der Waals surface area contributed by atoms with Gasteiger partial charge < -0.3 is 14.8 Å². The summed E-state index contributed by atoms with van der Waals surface area (Å²) < 4.78 is 0. The zero-order valence-corrected chi connectivity index (χ0v) is 14.5. The number of aromatic nitrogens is 1. The summed E-state index contributed by atoms with van der Waals surface area (Å²) in [7, 11) is 0. The lowest BCUT2D eigenvalue weighted by molar-refractivity contribution is -0.131. The highest BCUT2D eigenvalue weighted by Gasteiger charge is 2.24. The van der Waals surface area contributed by atoms with Crippen molar-refractivity contribution >= 4 is 23.6 Å². The van der Waals surface area contributed by atoms with E-state index in [1.54, 1.807) is 11.8 Å². The summed E-state index contributed by atoms with van der Waals surface area (Å²) in [6.45, 7) is 2.36. The van der Waals surface area contributed by atoms with Gasteiger partial charge in [-0.2, -0.15) is 0 Å². The predicted octanol–water partition coefficient (Wildman–Crippen LogP) is 2.26. The van der Waals surface area contributed by atoms with Gasteiger partial charge in [0.1, 0.15) is 0 Å². The van der Waals surface area contributed by atoms with Crippen LogP contribution in [0, 0.1) is 0 Å². The molecule has 2 aromatic rings. The van der Waals surface area contributed by atoms with Crippen molar-refractivity contribution in [1.29, 1.82) is 0 Å². The fraction of sp³-hybridized carbons (Fsp3) is 0.333. The second-order valence-electron chi connectivity index (χ2n) is 5.80. The Morgan fingerprint density at radius 2 is 1.71 bits per heavy atom. The van der Waals surface area contributed by atoms with Gasteiger partial charge in [0, 0.05) is 49.0 Å². The number of carbonyl (C=O) groups excluding carboxylic acids is 2. The summed E-state index contributed by atoms with van der Waals surface area (Å²) in [6, 6.07) is 9.59. The van der Waals surface area contributed by atoms with E-state index in [0.717, 1.165) is 10.5 Å². The van der Waals surface area contributed by atoms with Crippen LogP contribution in [-0.2, 0) is 11.2 Å². The molecule has 1 aliphatic rings. The molecule has 1 aliphatic heterocycles. The number of nitrogens with zero attached hydrogens (tertiary/aromatic N) is 2. The molecule has 24 heavy (non-hydrogen) atoms. The number of carbonyl (C=O) groups is 2. The zero-order valence-electron chi connectivity index (χ0n) is 13.7. The molecular formula is C18H21N3O2S. The summed E-state index contributed by atoms with van der Waals surface area (Å²) in [4.78, 5) is 32.6. The third-order valence-electron chi connectivity index (χ3n) is 4.27. The molecule has 1 saturated heterocycles. The van der Waals surface area contributed by atoms with Crippen LogP contribution in [-0.4, -0.2) is 59.0 Å². The van der Waals surface area contributed by atoms with Crippen molar-refractivity contribution in [1.82, 2.24) is 14.8 Å². The molecule has 0 aliphatic carbocycles. The average Bonchev–Trinajstić information content (AvgIpc) is 3.14. The first-order chi connectivity index (χ1) is 11.7. The SMILES string of the molecule is CSc1ccc(C(=O)N2CCN(C(=O)Cc3cc[nH]c3)CC2)cc1. The van der Waals surface area contributed by atoms with Gasteiger partial charge in [0.15, 0.2) is 0 Å². The first kappa shape index (κ1) is 16.6. The van der Waals surface area contributed by atoms with E-state index in [2.05, 4.69) is 4.98 Å². The number of amides is 2. The quantitative estimate of drug-likeness (QED) is 0.867. The van der Waals surface area contributed by atoms with Crippen LogP contribution < -0.4 is 0 Å². The lowest BCUT2D eigenvalue weighted by atomic mass is 10.1. The molecule has 2 amide bonds. The van der Waals surface area contributed by atoms with Crippen molar-refractivity contribution in [2.24, 2.45) is 0 Å². The van der Waals surface area contributed by atoms with Crippen molar-refractivity contribution in [2.75, 3.05) is 32.4 Å². The third-order valence-corrected chi connectivity index (χ3v) is 5.02. The number of thioether (sulfide) groups is 1. The summed E-state index contributed by atoms with van der Waals surface area (Å²) in [5, 5.41) is 0. The third kappa shape index (κ3) is 3.82. The second kappa shape index (κ2) is 7.57. The molecular weight excluding hydrogens is 322 g/mol. The smallest absolute Gasteiger partial charge is 0.253 e. The van der Waals surface area contributed by atoms with E-state index in [-0.39, 0.29) is 11.8 Å². The molecule has 2 heterocycles. The molecule has 1 aromatic heterocycles. The number of hydrogen-bond acceptors (Lipinski definition) is 3. The Morgan fingerprint density at radius 3 is 2.29 bits per heavy atom. The fourth-order valence-electron chi connectivity index (χ4n) is 2.83. The molecule has 1 N–H and O–H groups in total. The molecule has 0 saturated carbocycles. The number of hydrogen-bond donors (Lipinski definition) is 1. The van der Waals surface area contributed by atoms with Crippen molar-refractivity contribution in [2.45, 2.75) is 11.3 Å². The minimum Gasteiger partial charge on any atom is -0.367 e. The van der Waals surface area contributed by atoms with Crippen molar-refractivity contribution in [3.05, 3.63) is 53.9 Å². The molecule has 6 heteroatoms. The first-order valence-corrected chi connectivity index (χ1v) is 9.22. The molecule has 0 radical (unpaired) electrons. The second-order valence-corrected chi connectivity index (χ2v) is 6.68. The molecule has 5 nitrogen and oxygen atoms in total. The van der Waals surface area contributed by atoms with Gasteiger partial charge in [0.2, 0.25) is 5.91 Å². The van der Waals surface area contributed by atoms with Gasteiger partial charge in [-0.1, -0.05) is 0 Å². The minimum atomic E-state index is 0.0420. The maximum absolute atomic E-state index is 12.5. The van der Waals surface area contributed by atoms with Crippen LogP contribution >= 0.6 is 11.8 Å². The van der Waals surface area contributed by atoms with Crippen LogP contribution in [0.3, 0.4) is 0 Å². The molecule has 3 rings (SSSR count). The Labute approximate surface area is 146 Å². The Kier molecular flexibility index (Phi) is 5.25. The average molecular weight is 343 g/mol. The van der Waals surface area contributed by atoms with Crippen LogP contribution in [0.15, 0.2) is 47.6 Å². The van der Waals surface area contributed by atoms with Gasteiger partial charge in [0.25, 0.3) is 5.91 Å². The summed E-state index contributed by atoms with van der Waals surface area (Å²) >= 11 is 1.66. The predicted molar refractivity (Wildman–Crippen MR) is 95.2 cm³/mol. The topological polar surface area (TPSA) is 56.4 Å². The van der Waals surface area contributed by atoms with Gasteiger partial charge >= 0.3 is 0 Å². The summed E-state index contributed by atoms with van der Waals surface area (Å²) in [5.41, 5.74) is 1.70. The molecule has 0 atom stereocenters. The van der Waals surface area contributed by atoms with Gasteiger partial charge in [-0.3, -0.25) is 9.59 Å². The first-order valence-electron chi connectivity index (χ1n) is 8.00. The largest absolute Gasteiger partial charge is 0.367 e. The number of H-pyrrole nitrogens is 1.